The summed E-state index contributed by atoms with van der Waals surface area (Å²) in [5.74, 6) is 1.88. The SMILES string of the molecule is Oc1cc(-c2nc(C3CC3)no2)ccc1Br. The lowest BCUT2D eigenvalue weighted by Gasteiger charge is -1.97. The third kappa shape index (κ3) is 1.71. The van der Waals surface area contributed by atoms with Crippen LogP contribution in [-0.2, 0) is 0 Å². The summed E-state index contributed by atoms with van der Waals surface area (Å²) >= 11 is 3.22. The number of hydrogen-bond acceptors (Lipinski definition) is 4. The zero-order valence-corrected chi connectivity index (χ0v) is 9.94. The molecule has 0 saturated heterocycles. The number of aromatic nitrogens is 2. The minimum absolute atomic E-state index is 0.170. The van der Waals surface area contributed by atoms with Crippen molar-refractivity contribution in [3.63, 3.8) is 0 Å². The zero-order chi connectivity index (χ0) is 11.1. The highest BCUT2D eigenvalue weighted by Gasteiger charge is 2.29. The first kappa shape index (κ1) is 9.84. The number of halogens is 1. The monoisotopic (exact) mass is 280 g/mol. The molecule has 82 valence electrons. The van der Waals surface area contributed by atoms with E-state index in [2.05, 4.69) is 26.1 Å². The first-order chi connectivity index (χ1) is 7.74. The minimum Gasteiger partial charge on any atom is -0.507 e. The molecule has 16 heavy (non-hydrogen) atoms. The van der Waals surface area contributed by atoms with Crippen molar-refractivity contribution in [2.45, 2.75) is 18.8 Å². The maximum atomic E-state index is 9.55. The van der Waals surface area contributed by atoms with E-state index in [1.807, 2.05) is 6.07 Å². The van der Waals surface area contributed by atoms with Gasteiger partial charge in [-0.2, -0.15) is 4.98 Å². The van der Waals surface area contributed by atoms with Gasteiger partial charge >= 0.3 is 0 Å². The normalized spacial score (nSPS) is 15.3. The summed E-state index contributed by atoms with van der Waals surface area (Å²) in [6.07, 6.45) is 2.29. The predicted molar refractivity (Wildman–Crippen MR) is 61.1 cm³/mol. The Bertz CT molecular complexity index is 535. The standard InChI is InChI=1S/C11H9BrN2O2/c12-8-4-3-7(5-9(8)15)11-13-10(14-16-11)6-1-2-6/h3-6,15H,1-2H2. The summed E-state index contributed by atoms with van der Waals surface area (Å²) in [6.45, 7) is 0. The Hall–Kier alpha value is -1.36. The van der Waals surface area contributed by atoms with Crippen LogP contribution in [0.4, 0.5) is 0 Å². The van der Waals surface area contributed by atoms with Crippen LogP contribution in [0, 0.1) is 0 Å². The Labute approximate surface area is 100 Å². The quantitative estimate of drug-likeness (QED) is 0.919. The fraction of sp³-hybridized carbons (Fsp3) is 0.273. The van der Waals surface area contributed by atoms with E-state index in [9.17, 15) is 5.11 Å². The van der Waals surface area contributed by atoms with Gasteiger partial charge in [-0.1, -0.05) is 5.16 Å². The van der Waals surface area contributed by atoms with Gasteiger partial charge in [-0.15, -0.1) is 0 Å². The lowest BCUT2D eigenvalue weighted by Crippen LogP contribution is -1.82. The molecule has 1 aromatic carbocycles. The highest BCUT2D eigenvalue weighted by molar-refractivity contribution is 9.10. The summed E-state index contributed by atoms with van der Waals surface area (Å²) in [7, 11) is 0. The number of phenolic OH excluding ortho intramolecular Hbond substituents is 1. The molecule has 0 atom stereocenters. The van der Waals surface area contributed by atoms with Crippen LogP contribution in [0.15, 0.2) is 27.2 Å². The molecule has 1 aliphatic carbocycles. The molecule has 0 aliphatic heterocycles. The molecule has 1 aliphatic rings. The van der Waals surface area contributed by atoms with E-state index in [1.54, 1.807) is 12.1 Å². The molecule has 3 rings (SSSR count). The van der Waals surface area contributed by atoms with Gasteiger partial charge in [-0.25, -0.2) is 0 Å². The van der Waals surface area contributed by atoms with Gasteiger partial charge < -0.3 is 9.63 Å². The summed E-state index contributed by atoms with van der Waals surface area (Å²) in [5, 5.41) is 13.5. The van der Waals surface area contributed by atoms with E-state index in [1.165, 1.54) is 0 Å². The minimum atomic E-state index is 0.170. The molecule has 1 N–H and O–H groups in total. The predicted octanol–water partition coefficient (Wildman–Crippen LogP) is 3.08. The molecule has 1 heterocycles. The fourth-order valence-electron chi connectivity index (χ4n) is 1.51. The van der Waals surface area contributed by atoms with Gasteiger partial charge in [-0.3, -0.25) is 0 Å². The number of aromatic hydroxyl groups is 1. The Kier molecular flexibility index (Phi) is 2.21. The number of phenols is 1. The van der Waals surface area contributed by atoms with Gasteiger partial charge in [-0.05, 0) is 47.0 Å². The van der Waals surface area contributed by atoms with E-state index in [-0.39, 0.29) is 5.75 Å². The van der Waals surface area contributed by atoms with Crippen LogP contribution >= 0.6 is 15.9 Å². The summed E-state index contributed by atoms with van der Waals surface area (Å²) < 4.78 is 5.81. The molecule has 0 spiro atoms. The smallest absolute Gasteiger partial charge is 0.258 e. The highest BCUT2D eigenvalue weighted by Crippen LogP contribution is 2.39. The van der Waals surface area contributed by atoms with Crippen molar-refractivity contribution in [2.75, 3.05) is 0 Å². The van der Waals surface area contributed by atoms with Crippen LogP contribution in [0.2, 0.25) is 0 Å². The largest absolute Gasteiger partial charge is 0.507 e. The second-order valence-electron chi connectivity index (χ2n) is 3.90. The van der Waals surface area contributed by atoms with Crippen molar-refractivity contribution >= 4 is 15.9 Å². The lowest BCUT2D eigenvalue weighted by atomic mass is 10.2. The van der Waals surface area contributed by atoms with E-state index < -0.39 is 0 Å². The third-order valence-electron chi connectivity index (χ3n) is 2.58. The lowest BCUT2D eigenvalue weighted by molar-refractivity contribution is 0.422. The average molecular weight is 281 g/mol. The van der Waals surface area contributed by atoms with Crippen LogP contribution in [0.1, 0.15) is 24.6 Å². The first-order valence-corrected chi connectivity index (χ1v) is 5.86. The maximum Gasteiger partial charge on any atom is 0.258 e. The summed E-state index contributed by atoms with van der Waals surface area (Å²) in [4.78, 5) is 4.31. The van der Waals surface area contributed by atoms with Crippen molar-refractivity contribution in [2.24, 2.45) is 0 Å². The molecular formula is C11H9BrN2O2. The van der Waals surface area contributed by atoms with Crippen LogP contribution in [0.5, 0.6) is 5.75 Å². The maximum absolute atomic E-state index is 9.55. The van der Waals surface area contributed by atoms with Crippen LogP contribution in [0.3, 0.4) is 0 Å². The van der Waals surface area contributed by atoms with Crippen molar-refractivity contribution in [3.05, 3.63) is 28.5 Å². The Morgan fingerprint density at radius 1 is 1.38 bits per heavy atom. The van der Waals surface area contributed by atoms with Gasteiger partial charge in [0, 0.05) is 11.5 Å². The molecule has 1 fully saturated rings. The highest BCUT2D eigenvalue weighted by atomic mass is 79.9. The molecule has 1 saturated carbocycles. The molecule has 1 aromatic heterocycles. The zero-order valence-electron chi connectivity index (χ0n) is 8.35. The average Bonchev–Trinajstić information content (AvgIpc) is 3.01. The van der Waals surface area contributed by atoms with E-state index in [4.69, 9.17) is 4.52 Å². The molecule has 0 bridgehead atoms. The fourth-order valence-corrected chi connectivity index (χ4v) is 1.75. The van der Waals surface area contributed by atoms with Crippen molar-refractivity contribution < 1.29 is 9.63 Å². The molecule has 0 unspecified atom stereocenters. The second-order valence-corrected chi connectivity index (χ2v) is 4.75. The van der Waals surface area contributed by atoms with E-state index >= 15 is 0 Å². The summed E-state index contributed by atoms with van der Waals surface area (Å²) in [5.41, 5.74) is 0.736. The number of hydrogen-bond donors (Lipinski definition) is 1. The number of benzene rings is 1. The van der Waals surface area contributed by atoms with Crippen LogP contribution in [0.25, 0.3) is 11.5 Å². The topological polar surface area (TPSA) is 59.2 Å². The second kappa shape index (κ2) is 3.59. The van der Waals surface area contributed by atoms with Crippen molar-refractivity contribution in [1.82, 2.24) is 10.1 Å². The van der Waals surface area contributed by atoms with Crippen molar-refractivity contribution in [3.8, 4) is 17.2 Å². The van der Waals surface area contributed by atoms with Gasteiger partial charge in [0.15, 0.2) is 5.82 Å². The molecule has 2 aromatic rings. The first-order valence-electron chi connectivity index (χ1n) is 5.06. The Morgan fingerprint density at radius 3 is 2.88 bits per heavy atom. The molecule has 4 nitrogen and oxygen atoms in total. The van der Waals surface area contributed by atoms with Crippen LogP contribution < -0.4 is 0 Å². The number of rotatable bonds is 2. The van der Waals surface area contributed by atoms with Crippen LogP contribution in [-0.4, -0.2) is 15.2 Å². The molecular weight excluding hydrogens is 272 g/mol. The molecule has 5 heteroatoms. The third-order valence-corrected chi connectivity index (χ3v) is 3.25. The molecule has 0 amide bonds. The van der Waals surface area contributed by atoms with Crippen molar-refractivity contribution in [1.29, 1.82) is 0 Å². The Morgan fingerprint density at radius 2 is 2.19 bits per heavy atom. The van der Waals surface area contributed by atoms with Gasteiger partial charge in [0.05, 0.1) is 4.47 Å². The van der Waals surface area contributed by atoms with E-state index in [0.717, 1.165) is 24.2 Å². The van der Waals surface area contributed by atoms with Gasteiger partial charge in [0.25, 0.3) is 5.89 Å². The Balaban J connectivity index is 1.97. The summed E-state index contributed by atoms with van der Waals surface area (Å²) in [6, 6.07) is 5.19. The molecule has 0 radical (unpaired) electrons. The number of nitrogens with zero attached hydrogens (tertiary/aromatic N) is 2. The van der Waals surface area contributed by atoms with Gasteiger partial charge in [0.1, 0.15) is 5.75 Å². The van der Waals surface area contributed by atoms with Gasteiger partial charge in [0.2, 0.25) is 0 Å². The van der Waals surface area contributed by atoms with E-state index in [0.29, 0.717) is 16.3 Å².